The van der Waals surface area contributed by atoms with Crippen LogP contribution in [0.4, 0.5) is 0 Å². The number of hydrogen-bond donors (Lipinski definition) is 1. The van der Waals surface area contributed by atoms with Gasteiger partial charge >= 0.3 is 0 Å². The van der Waals surface area contributed by atoms with Gasteiger partial charge in [0.1, 0.15) is 12.4 Å². The van der Waals surface area contributed by atoms with Crippen LogP contribution < -0.4 is 9.46 Å². The summed E-state index contributed by atoms with van der Waals surface area (Å²) in [6.45, 7) is 4.37. The summed E-state index contributed by atoms with van der Waals surface area (Å²) in [7, 11) is -3.47. The van der Waals surface area contributed by atoms with E-state index in [4.69, 9.17) is 4.74 Å². The van der Waals surface area contributed by atoms with Gasteiger partial charge in [-0.3, -0.25) is 0 Å². The summed E-state index contributed by atoms with van der Waals surface area (Å²) in [6, 6.07) is 14.4. The van der Waals surface area contributed by atoms with Crippen molar-refractivity contribution in [2.45, 2.75) is 18.7 Å². The maximum atomic E-state index is 12.1. The number of ether oxygens (including phenoxy) is 1. The summed E-state index contributed by atoms with van der Waals surface area (Å²) in [5.41, 5.74) is 2.07. The number of aryl methyl sites for hydroxylation is 2. The van der Waals surface area contributed by atoms with E-state index in [9.17, 15) is 8.42 Å². The van der Waals surface area contributed by atoms with Gasteiger partial charge in [-0.1, -0.05) is 29.8 Å². The Morgan fingerprint density at radius 3 is 2.38 bits per heavy atom. The first-order valence-electron chi connectivity index (χ1n) is 6.73. The molecule has 0 bridgehead atoms. The van der Waals surface area contributed by atoms with Gasteiger partial charge in [0.05, 0.1) is 4.90 Å². The Hall–Kier alpha value is -1.85. The predicted octanol–water partition coefficient (Wildman–Crippen LogP) is 2.66. The third kappa shape index (κ3) is 4.58. The molecule has 4 nitrogen and oxygen atoms in total. The second kappa shape index (κ2) is 6.74. The monoisotopic (exact) mass is 305 g/mol. The fourth-order valence-electron chi connectivity index (χ4n) is 1.85. The Balaban J connectivity index is 1.86. The van der Waals surface area contributed by atoms with Crippen molar-refractivity contribution in [2.75, 3.05) is 13.2 Å². The fourth-order valence-corrected chi connectivity index (χ4v) is 2.96. The average molecular weight is 305 g/mol. The maximum absolute atomic E-state index is 12.1. The van der Waals surface area contributed by atoms with Crippen molar-refractivity contribution >= 4 is 10.0 Å². The number of hydrogen-bond acceptors (Lipinski definition) is 3. The Bertz CT molecular complexity index is 694. The van der Waals surface area contributed by atoms with Crippen molar-refractivity contribution in [3.8, 4) is 5.75 Å². The molecule has 112 valence electrons. The van der Waals surface area contributed by atoms with E-state index < -0.39 is 10.0 Å². The number of benzene rings is 2. The van der Waals surface area contributed by atoms with Gasteiger partial charge in [0.25, 0.3) is 0 Å². The molecule has 0 atom stereocenters. The van der Waals surface area contributed by atoms with Crippen molar-refractivity contribution in [1.82, 2.24) is 4.72 Å². The van der Waals surface area contributed by atoms with Gasteiger partial charge in [0.2, 0.25) is 10.0 Å². The molecule has 0 spiro atoms. The molecule has 2 aromatic rings. The van der Waals surface area contributed by atoms with E-state index in [-0.39, 0.29) is 18.0 Å². The van der Waals surface area contributed by atoms with Crippen LogP contribution in [0.1, 0.15) is 11.1 Å². The Morgan fingerprint density at radius 1 is 1.00 bits per heavy atom. The van der Waals surface area contributed by atoms with Crippen LogP contribution in [-0.2, 0) is 10.0 Å². The van der Waals surface area contributed by atoms with Gasteiger partial charge in [-0.2, -0.15) is 0 Å². The van der Waals surface area contributed by atoms with Gasteiger partial charge in [-0.05, 0) is 43.7 Å². The van der Waals surface area contributed by atoms with Crippen LogP contribution in [0, 0.1) is 13.8 Å². The highest BCUT2D eigenvalue weighted by Gasteiger charge is 2.12. The second-order valence-corrected chi connectivity index (χ2v) is 6.64. The highest BCUT2D eigenvalue weighted by Crippen LogP contribution is 2.12. The summed E-state index contributed by atoms with van der Waals surface area (Å²) in [4.78, 5) is 0.276. The topological polar surface area (TPSA) is 55.4 Å². The zero-order chi connectivity index (χ0) is 15.3. The number of sulfonamides is 1. The SMILES string of the molecule is Cc1ccc(OCCNS(=O)(=O)c2cccc(C)c2)cc1. The van der Waals surface area contributed by atoms with Crippen LogP contribution in [0.15, 0.2) is 53.4 Å². The molecule has 0 fully saturated rings. The molecule has 0 heterocycles. The van der Waals surface area contributed by atoms with Crippen LogP contribution in [0.3, 0.4) is 0 Å². The molecule has 5 heteroatoms. The first-order valence-corrected chi connectivity index (χ1v) is 8.21. The lowest BCUT2D eigenvalue weighted by Crippen LogP contribution is -2.28. The molecular weight excluding hydrogens is 286 g/mol. The van der Waals surface area contributed by atoms with Crippen molar-refractivity contribution in [3.63, 3.8) is 0 Å². The van der Waals surface area contributed by atoms with Crippen LogP contribution >= 0.6 is 0 Å². The summed E-state index contributed by atoms with van der Waals surface area (Å²) in [6.07, 6.45) is 0. The van der Waals surface area contributed by atoms with E-state index in [1.807, 2.05) is 44.2 Å². The Kier molecular flexibility index (Phi) is 4.98. The lowest BCUT2D eigenvalue weighted by Gasteiger charge is -2.09. The summed E-state index contributed by atoms with van der Waals surface area (Å²) in [5, 5.41) is 0. The van der Waals surface area contributed by atoms with Crippen LogP contribution in [0.5, 0.6) is 5.75 Å². The molecule has 0 aliphatic heterocycles. The minimum atomic E-state index is -3.47. The van der Waals surface area contributed by atoms with Crippen molar-refractivity contribution in [2.24, 2.45) is 0 Å². The van der Waals surface area contributed by atoms with E-state index in [0.717, 1.165) is 16.9 Å². The highest BCUT2D eigenvalue weighted by molar-refractivity contribution is 7.89. The van der Waals surface area contributed by atoms with Crippen molar-refractivity contribution in [1.29, 1.82) is 0 Å². The molecule has 21 heavy (non-hydrogen) atoms. The predicted molar refractivity (Wildman–Crippen MR) is 83.0 cm³/mol. The van der Waals surface area contributed by atoms with Crippen LogP contribution in [0.2, 0.25) is 0 Å². The summed E-state index contributed by atoms with van der Waals surface area (Å²) < 4.78 is 32.2. The fraction of sp³-hybridized carbons (Fsp3) is 0.250. The summed E-state index contributed by atoms with van der Waals surface area (Å²) >= 11 is 0. The third-order valence-electron chi connectivity index (χ3n) is 2.98. The third-order valence-corrected chi connectivity index (χ3v) is 4.44. The van der Waals surface area contributed by atoms with E-state index in [1.165, 1.54) is 0 Å². The minimum absolute atomic E-state index is 0.226. The molecule has 0 unspecified atom stereocenters. The summed E-state index contributed by atoms with van der Waals surface area (Å²) in [5.74, 6) is 0.732. The quantitative estimate of drug-likeness (QED) is 0.835. The maximum Gasteiger partial charge on any atom is 0.240 e. The first kappa shape index (κ1) is 15.5. The van der Waals surface area contributed by atoms with Gasteiger partial charge in [0.15, 0.2) is 0 Å². The number of rotatable bonds is 6. The van der Waals surface area contributed by atoms with Crippen molar-refractivity contribution in [3.05, 3.63) is 59.7 Å². The van der Waals surface area contributed by atoms with Crippen LogP contribution in [0.25, 0.3) is 0 Å². The molecule has 0 saturated heterocycles. The van der Waals surface area contributed by atoms with Crippen LogP contribution in [-0.4, -0.2) is 21.6 Å². The number of nitrogens with one attached hydrogen (secondary N) is 1. The smallest absolute Gasteiger partial charge is 0.240 e. The van der Waals surface area contributed by atoms with E-state index >= 15 is 0 Å². The average Bonchev–Trinajstić information content (AvgIpc) is 2.45. The molecular formula is C16H19NO3S. The molecule has 0 saturated carbocycles. The van der Waals surface area contributed by atoms with E-state index in [1.54, 1.807) is 18.2 Å². The molecule has 2 aromatic carbocycles. The first-order chi connectivity index (χ1) is 9.97. The lowest BCUT2D eigenvalue weighted by atomic mass is 10.2. The van der Waals surface area contributed by atoms with Gasteiger partial charge < -0.3 is 4.74 Å². The Morgan fingerprint density at radius 2 is 1.71 bits per heavy atom. The Labute approximate surface area is 125 Å². The zero-order valence-corrected chi connectivity index (χ0v) is 13.0. The normalized spacial score (nSPS) is 11.3. The molecule has 0 aliphatic carbocycles. The molecule has 0 radical (unpaired) electrons. The van der Waals surface area contributed by atoms with E-state index in [2.05, 4.69) is 4.72 Å². The lowest BCUT2D eigenvalue weighted by molar-refractivity contribution is 0.323. The van der Waals surface area contributed by atoms with Crippen molar-refractivity contribution < 1.29 is 13.2 Å². The molecule has 2 rings (SSSR count). The van der Waals surface area contributed by atoms with Gasteiger partial charge in [-0.25, -0.2) is 13.1 Å². The van der Waals surface area contributed by atoms with E-state index in [0.29, 0.717) is 0 Å². The zero-order valence-electron chi connectivity index (χ0n) is 12.2. The highest BCUT2D eigenvalue weighted by atomic mass is 32.2. The molecule has 0 aromatic heterocycles. The molecule has 0 aliphatic rings. The largest absolute Gasteiger partial charge is 0.492 e. The minimum Gasteiger partial charge on any atom is -0.492 e. The second-order valence-electron chi connectivity index (χ2n) is 4.88. The standard InChI is InChI=1S/C16H19NO3S/c1-13-6-8-15(9-7-13)20-11-10-17-21(18,19)16-5-3-4-14(2)12-16/h3-9,12,17H,10-11H2,1-2H3. The van der Waals surface area contributed by atoms with Gasteiger partial charge in [0, 0.05) is 6.54 Å². The molecule has 0 amide bonds. The molecule has 1 N–H and O–H groups in total. The van der Waals surface area contributed by atoms with Gasteiger partial charge in [-0.15, -0.1) is 0 Å².